The molecule has 0 aliphatic rings. The van der Waals surface area contributed by atoms with E-state index in [0.29, 0.717) is 24.8 Å². The second-order valence-electron chi connectivity index (χ2n) is 3.98. The van der Waals surface area contributed by atoms with Crippen LogP contribution in [0, 0.1) is 5.92 Å². The summed E-state index contributed by atoms with van der Waals surface area (Å²) in [6, 6.07) is 0. The topological polar surface area (TPSA) is 85.8 Å². The van der Waals surface area contributed by atoms with Gasteiger partial charge in [0.2, 0.25) is 11.9 Å². The molecule has 6 nitrogen and oxygen atoms in total. The van der Waals surface area contributed by atoms with Gasteiger partial charge in [-0.05, 0) is 25.3 Å². The van der Waals surface area contributed by atoms with Crippen LogP contribution >= 0.6 is 0 Å². The summed E-state index contributed by atoms with van der Waals surface area (Å²) in [6.07, 6.45) is 3.71. The summed E-state index contributed by atoms with van der Waals surface area (Å²) >= 11 is 0. The molecule has 0 spiro atoms. The van der Waals surface area contributed by atoms with Gasteiger partial charge in [-0.1, -0.05) is 6.92 Å². The van der Waals surface area contributed by atoms with Crippen LogP contribution in [-0.2, 0) is 11.8 Å². The van der Waals surface area contributed by atoms with E-state index in [4.69, 9.17) is 5.73 Å². The van der Waals surface area contributed by atoms with E-state index < -0.39 is 0 Å². The Morgan fingerprint density at radius 2 is 2.38 bits per heavy atom. The summed E-state index contributed by atoms with van der Waals surface area (Å²) in [5, 5.41) is 6.58. The van der Waals surface area contributed by atoms with Crippen molar-refractivity contribution in [2.24, 2.45) is 18.7 Å². The number of aromatic nitrogens is 3. The summed E-state index contributed by atoms with van der Waals surface area (Å²) in [7, 11) is 1.74. The Labute approximate surface area is 95.2 Å². The van der Waals surface area contributed by atoms with E-state index in [0.717, 1.165) is 12.8 Å². The first-order valence-electron chi connectivity index (χ1n) is 5.47. The fourth-order valence-electron chi connectivity index (χ4n) is 1.40. The maximum absolute atomic E-state index is 11.5. The molecule has 90 valence electrons. The lowest BCUT2D eigenvalue weighted by Crippen LogP contribution is -2.16. The summed E-state index contributed by atoms with van der Waals surface area (Å²) in [5.41, 5.74) is 5.44. The Morgan fingerprint density at radius 1 is 1.62 bits per heavy atom. The lowest BCUT2D eigenvalue weighted by molar-refractivity contribution is -0.116. The first-order chi connectivity index (χ1) is 7.63. The molecule has 0 fully saturated rings. The molecule has 0 radical (unpaired) electrons. The number of carbonyl (C=O) groups excluding carboxylic acids is 1. The molecule has 0 saturated heterocycles. The normalized spacial score (nSPS) is 12.4. The maximum Gasteiger partial charge on any atom is 0.227 e. The number of hydrogen-bond donors (Lipinski definition) is 2. The minimum absolute atomic E-state index is 0.0278. The minimum atomic E-state index is -0.0278. The van der Waals surface area contributed by atoms with Crippen LogP contribution < -0.4 is 11.1 Å². The van der Waals surface area contributed by atoms with Gasteiger partial charge in [0.15, 0.2) is 0 Å². The summed E-state index contributed by atoms with van der Waals surface area (Å²) in [4.78, 5) is 15.5. The van der Waals surface area contributed by atoms with Crippen LogP contribution in [-0.4, -0.2) is 27.2 Å². The number of anilines is 1. The van der Waals surface area contributed by atoms with Gasteiger partial charge >= 0.3 is 0 Å². The molecule has 0 aromatic carbocycles. The van der Waals surface area contributed by atoms with Crippen LogP contribution in [0.5, 0.6) is 0 Å². The van der Waals surface area contributed by atoms with Crippen LogP contribution in [0.3, 0.4) is 0 Å². The van der Waals surface area contributed by atoms with Gasteiger partial charge in [-0.15, -0.1) is 0 Å². The molecule has 1 unspecified atom stereocenters. The smallest absolute Gasteiger partial charge is 0.227 e. The van der Waals surface area contributed by atoms with Crippen molar-refractivity contribution in [1.29, 1.82) is 0 Å². The van der Waals surface area contributed by atoms with Crippen molar-refractivity contribution in [1.82, 2.24) is 14.8 Å². The van der Waals surface area contributed by atoms with E-state index in [-0.39, 0.29) is 5.91 Å². The number of nitrogens with one attached hydrogen (secondary N) is 1. The number of nitrogens with two attached hydrogens (primary N) is 1. The molecular weight excluding hydrogens is 206 g/mol. The molecular formula is C10H19N5O. The standard InChI is InChI=1S/C10H19N5O/c1-8(5-6-11)3-4-9(16)14-10-12-7-13-15(10)2/h7-8H,3-6,11H2,1-2H3,(H,12,13,14,16). The average molecular weight is 225 g/mol. The van der Waals surface area contributed by atoms with Gasteiger partial charge in [-0.25, -0.2) is 4.68 Å². The number of carbonyl (C=O) groups is 1. The van der Waals surface area contributed by atoms with Crippen molar-refractivity contribution in [2.75, 3.05) is 11.9 Å². The van der Waals surface area contributed by atoms with Crippen molar-refractivity contribution in [2.45, 2.75) is 26.2 Å². The van der Waals surface area contributed by atoms with E-state index >= 15 is 0 Å². The van der Waals surface area contributed by atoms with Crippen LogP contribution in [0.15, 0.2) is 6.33 Å². The largest absolute Gasteiger partial charge is 0.330 e. The molecule has 1 rings (SSSR count). The molecule has 1 heterocycles. The predicted molar refractivity (Wildman–Crippen MR) is 61.7 cm³/mol. The zero-order valence-corrected chi connectivity index (χ0v) is 9.81. The van der Waals surface area contributed by atoms with Gasteiger partial charge in [-0.3, -0.25) is 10.1 Å². The zero-order valence-electron chi connectivity index (χ0n) is 9.81. The molecule has 0 aliphatic heterocycles. The Hall–Kier alpha value is -1.43. The van der Waals surface area contributed by atoms with E-state index in [9.17, 15) is 4.79 Å². The zero-order chi connectivity index (χ0) is 12.0. The van der Waals surface area contributed by atoms with Crippen LogP contribution in [0.1, 0.15) is 26.2 Å². The molecule has 0 saturated carbocycles. The molecule has 1 atom stereocenters. The Bertz CT molecular complexity index is 336. The SMILES string of the molecule is CC(CCN)CCC(=O)Nc1ncnn1C. The highest BCUT2D eigenvalue weighted by Crippen LogP contribution is 2.10. The van der Waals surface area contributed by atoms with Crippen LogP contribution in [0.2, 0.25) is 0 Å². The molecule has 16 heavy (non-hydrogen) atoms. The molecule has 0 aliphatic carbocycles. The van der Waals surface area contributed by atoms with Crippen molar-refractivity contribution in [3.8, 4) is 0 Å². The fourth-order valence-corrected chi connectivity index (χ4v) is 1.40. The highest BCUT2D eigenvalue weighted by Gasteiger charge is 2.08. The van der Waals surface area contributed by atoms with Gasteiger partial charge in [0.1, 0.15) is 6.33 Å². The van der Waals surface area contributed by atoms with Crippen molar-refractivity contribution in [3.63, 3.8) is 0 Å². The third-order valence-electron chi connectivity index (χ3n) is 2.49. The molecule has 3 N–H and O–H groups in total. The molecule has 0 bridgehead atoms. The minimum Gasteiger partial charge on any atom is -0.330 e. The van der Waals surface area contributed by atoms with E-state index in [1.54, 1.807) is 7.05 Å². The highest BCUT2D eigenvalue weighted by atomic mass is 16.1. The van der Waals surface area contributed by atoms with Gasteiger partial charge in [0.25, 0.3) is 0 Å². The second-order valence-corrected chi connectivity index (χ2v) is 3.98. The monoisotopic (exact) mass is 225 g/mol. The summed E-state index contributed by atoms with van der Waals surface area (Å²) in [5.74, 6) is 0.937. The first kappa shape index (κ1) is 12.6. The molecule has 6 heteroatoms. The molecule has 1 aromatic heterocycles. The van der Waals surface area contributed by atoms with Crippen molar-refractivity contribution >= 4 is 11.9 Å². The second kappa shape index (κ2) is 6.22. The van der Waals surface area contributed by atoms with Gasteiger partial charge in [0.05, 0.1) is 0 Å². The quantitative estimate of drug-likeness (QED) is 0.739. The lowest BCUT2D eigenvalue weighted by Gasteiger charge is -2.09. The van der Waals surface area contributed by atoms with E-state index in [1.165, 1.54) is 11.0 Å². The van der Waals surface area contributed by atoms with Crippen molar-refractivity contribution in [3.05, 3.63) is 6.33 Å². The number of nitrogens with zero attached hydrogens (tertiary/aromatic N) is 3. The summed E-state index contributed by atoms with van der Waals surface area (Å²) < 4.78 is 1.53. The third kappa shape index (κ3) is 3.98. The van der Waals surface area contributed by atoms with Crippen LogP contribution in [0.25, 0.3) is 0 Å². The number of rotatable bonds is 6. The fraction of sp³-hybridized carbons (Fsp3) is 0.700. The number of hydrogen-bond acceptors (Lipinski definition) is 4. The summed E-state index contributed by atoms with van der Waals surface area (Å²) in [6.45, 7) is 2.77. The third-order valence-corrected chi connectivity index (χ3v) is 2.49. The van der Waals surface area contributed by atoms with Crippen molar-refractivity contribution < 1.29 is 4.79 Å². The van der Waals surface area contributed by atoms with Crippen LogP contribution in [0.4, 0.5) is 5.95 Å². The van der Waals surface area contributed by atoms with Gasteiger partial charge in [0, 0.05) is 13.5 Å². The predicted octanol–water partition coefficient (Wildman–Crippen LogP) is 0.519. The lowest BCUT2D eigenvalue weighted by atomic mass is 10.0. The highest BCUT2D eigenvalue weighted by molar-refractivity contribution is 5.88. The van der Waals surface area contributed by atoms with Gasteiger partial charge in [-0.2, -0.15) is 10.1 Å². The maximum atomic E-state index is 11.5. The van der Waals surface area contributed by atoms with E-state index in [2.05, 4.69) is 22.3 Å². The van der Waals surface area contributed by atoms with Gasteiger partial charge < -0.3 is 5.73 Å². The number of amides is 1. The Balaban J connectivity index is 2.29. The Kier molecular flexibility index (Phi) is 4.91. The molecule has 1 aromatic rings. The molecule has 1 amide bonds. The first-order valence-corrected chi connectivity index (χ1v) is 5.47. The number of aryl methyl sites for hydroxylation is 1. The Morgan fingerprint density at radius 3 is 2.94 bits per heavy atom. The van der Waals surface area contributed by atoms with E-state index in [1.807, 2.05) is 0 Å². The average Bonchev–Trinajstić information content (AvgIpc) is 2.62.